The van der Waals surface area contributed by atoms with Crippen LogP contribution < -0.4 is 0 Å². The first kappa shape index (κ1) is 14.9. The van der Waals surface area contributed by atoms with Gasteiger partial charge in [-0.15, -0.1) is 11.6 Å². The van der Waals surface area contributed by atoms with Crippen LogP contribution in [0, 0.1) is 0 Å². The highest BCUT2D eigenvalue weighted by molar-refractivity contribution is 9.10. The minimum Gasteiger partial charge on any atom is -0.117 e. The number of fused-ring (bicyclic) bond motifs is 1. The summed E-state index contributed by atoms with van der Waals surface area (Å²) in [5.41, 5.74) is 2.33. The Labute approximate surface area is 142 Å². The van der Waals surface area contributed by atoms with Crippen LogP contribution in [-0.4, -0.2) is 0 Å². The summed E-state index contributed by atoms with van der Waals surface area (Å²) in [7, 11) is 0. The van der Waals surface area contributed by atoms with Crippen molar-refractivity contribution < 1.29 is 0 Å². The summed E-state index contributed by atoms with van der Waals surface area (Å²) in [6.45, 7) is 0. The van der Waals surface area contributed by atoms with Crippen LogP contribution in [0.3, 0.4) is 0 Å². The van der Waals surface area contributed by atoms with E-state index in [1.165, 1.54) is 16.3 Å². The monoisotopic (exact) mass is 378 g/mol. The molecule has 0 amide bonds. The lowest BCUT2D eigenvalue weighted by Crippen LogP contribution is -1.96. The first-order valence-corrected chi connectivity index (χ1v) is 8.30. The van der Waals surface area contributed by atoms with Crippen molar-refractivity contribution in [3.05, 3.63) is 81.3 Å². The van der Waals surface area contributed by atoms with Crippen molar-refractivity contribution in [3.63, 3.8) is 0 Å². The third-order valence-electron chi connectivity index (χ3n) is 3.52. The van der Waals surface area contributed by atoms with Gasteiger partial charge in [-0.3, -0.25) is 0 Å². The largest absolute Gasteiger partial charge is 0.117 e. The van der Waals surface area contributed by atoms with Gasteiger partial charge in [-0.05, 0) is 58.7 Å². The molecule has 0 nitrogen and oxygen atoms in total. The first-order valence-electron chi connectivity index (χ1n) is 6.69. The highest BCUT2D eigenvalue weighted by atomic mass is 79.9. The van der Waals surface area contributed by atoms with Crippen molar-refractivity contribution in [1.29, 1.82) is 0 Å². The number of benzene rings is 3. The molecular formula is C18H13BrCl2. The van der Waals surface area contributed by atoms with Crippen molar-refractivity contribution >= 4 is 49.9 Å². The summed E-state index contributed by atoms with van der Waals surface area (Å²) >= 11 is 16.0. The number of halogens is 3. The molecule has 0 bridgehead atoms. The van der Waals surface area contributed by atoms with Crippen LogP contribution in [-0.2, 0) is 6.42 Å². The lowest BCUT2D eigenvalue weighted by atomic mass is 10.0. The Bertz CT molecular complexity index is 766. The van der Waals surface area contributed by atoms with Crippen LogP contribution in [0.4, 0.5) is 0 Å². The Morgan fingerprint density at radius 1 is 0.857 bits per heavy atom. The lowest BCUT2D eigenvalue weighted by Gasteiger charge is -2.11. The molecule has 0 aromatic heterocycles. The van der Waals surface area contributed by atoms with E-state index in [9.17, 15) is 0 Å². The summed E-state index contributed by atoms with van der Waals surface area (Å²) in [4.78, 5) is 0. The molecule has 3 aromatic rings. The number of hydrogen-bond acceptors (Lipinski definition) is 0. The van der Waals surface area contributed by atoms with Crippen molar-refractivity contribution in [1.82, 2.24) is 0 Å². The smallest absolute Gasteiger partial charge is 0.0625 e. The molecule has 0 N–H and O–H groups in total. The van der Waals surface area contributed by atoms with Crippen LogP contribution >= 0.6 is 39.1 Å². The Morgan fingerprint density at radius 2 is 1.52 bits per heavy atom. The molecule has 0 saturated heterocycles. The minimum absolute atomic E-state index is 0.0424. The van der Waals surface area contributed by atoms with Crippen LogP contribution in [0.1, 0.15) is 16.5 Å². The molecule has 3 rings (SSSR count). The maximum atomic E-state index is 6.57. The van der Waals surface area contributed by atoms with E-state index in [0.29, 0.717) is 0 Å². The van der Waals surface area contributed by atoms with E-state index in [0.717, 1.165) is 21.5 Å². The molecule has 3 aromatic carbocycles. The molecule has 0 radical (unpaired) electrons. The number of alkyl halides is 1. The van der Waals surface area contributed by atoms with E-state index >= 15 is 0 Å². The normalized spacial score (nSPS) is 12.5. The van der Waals surface area contributed by atoms with Crippen molar-refractivity contribution in [3.8, 4) is 0 Å². The molecular weight excluding hydrogens is 367 g/mol. The quantitative estimate of drug-likeness (QED) is 0.440. The fraction of sp³-hybridized carbons (Fsp3) is 0.111. The average molecular weight is 380 g/mol. The molecule has 0 heterocycles. The van der Waals surface area contributed by atoms with Crippen molar-refractivity contribution in [2.24, 2.45) is 0 Å². The van der Waals surface area contributed by atoms with Gasteiger partial charge in [0.25, 0.3) is 0 Å². The summed E-state index contributed by atoms with van der Waals surface area (Å²) in [5, 5.41) is 3.13. The SMILES string of the molecule is Clc1ccc(CC(Cl)c2ccc3cc(Br)ccc3c2)cc1. The van der Waals surface area contributed by atoms with E-state index in [1.54, 1.807) is 0 Å². The van der Waals surface area contributed by atoms with Crippen LogP contribution in [0.25, 0.3) is 10.8 Å². The molecule has 21 heavy (non-hydrogen) atoms. The molecule has 0 aliphatic carbocycles. The second-order valence-electron chi connectivity index (χ2n) is 5.05. The van der Waals surface area contributed by atoms with E-state index in [-0.39, 0.29) is 5.38 Å². The van der Waals surface area contributed by atoms with E-state index < -0.39 is 0 Å². The van der Waals surface area contributed by atoms with Gasteiger partial charge in [-0.25, -0.2) is 0 Å². The third-order valence-corrected chi connectivity index (χ3v) is 4.67. The van der Waals surface area contributed by atoms with E-state index in [1.807, 2.05) is 24.3 Å². The molecule has 0 aliphatic rings. The fourth-order valence-corrected chi connectivity index (χ4v) is 3.19. The maximum absolute atomic E-state index is 6.57. The highest BCUT2D eigenvalue weighted by Gasteiger charge is 2.10. The zero-order chi connectivity index (χ0) is 14.8. The molecule has 0 fully saturated rings. The van der Waals surface area contributed by atoms with Gasteiger partial charge < -0.3 is 0 Å². The molecule has 0 saturated carbocycles. The highest BCUT2D eigenvalue weighted by Crippen LogP contribution is 2.29. The van der Waals surface area contributed by atoms with Crippen molar-refractivity contribution in [2.45, 2.75) is 11.8 Å². The molecule has 3 heteroatoms. The van der Waals surface area contributed by atoms with Gasteiger partial charge in [0.1, 0.15) is 0 Å². The van der Waals surface area contributed by atoms with Gasteiger partial charge in [0.15, 0.2) is 0 Å². The molecule has 0 spiro atoms. The van der Waals surface area contributed by atoms with Gasteiger partial charge in [-0.1, -0.05) is 57.9 Å². The molecule has 1 unspecified atom stereocenters. The Morgan fingerprint density at radius 3 is 2.29 bits per heavy atom. The number of rotatable bonds is 3. The van der Waals surface area contributed by atoms with Crippen LogP contribution in [0.5, 0.6) is 0 Å². The molecule has 0 aliphatic heterocycles. The van der Waals surface area contributed by atoms with Gasteiger partial charge in [0, 0.05) is 9.50 Å². The fourth-order valence-electron chi connectivity index (χ4n) is 2.38. The van der Waals surface area contributed by atoms with Gasteiger partial charge in [0.2, 0.25) is 0 Å². The molecule has 106 valence electrons. The third kappa shape index (κ3) is 3.60. The van der Waals surface area contributed by atoms with Gasteiger partial charge >= 0.3 is 0 Å². The first-order chi connectivity index (χ1) is 10.1. The second-order valence-corrected chi connectivity index (χ2v) is 6.93. The van der Waals surface area contributed by atoms with Crippen molar-refractivity contribution in [2.75, 3.05) is 0 Å². The lowest BCUT2D eigenvalue weighted by molar-refractivity contribution is 0.922. The van der Waals surface area contributed by atoms with E-state index in [4.69, 9.17) is 23.2 Å². The summed E-state index contributed by atoms with van der Waals surface area (Å²) in [5.74, 6) is 0. The summed E-state index contributed by atoms with van der Waals surface area (Å²) in [6, 6.07) is 20.5. The van der Waals surface area contributed by atoms with Gasteiger partial charge in [0.05, 0.1) is 5.38 Å². The Hall–Kier alpha value is -1.02. The zero-order valence-electron chi connectivity index (χ0n) is 11.2. The van der Waals surface area contributed by atoms with Gasteiger partial charge in [-0.2, -0.15) is 0 Å². The summed E-state index contributed by atoms with van der Waals surface area (Å²) < 4.78 is 1.09. The number of hydrogen-bond donors (Lipinski definition) is 0. The predicted molar refractivity (Wildman–Crippen MR) is 95.4 cm³/mol. The summed E-state index contributed by atoms with van der Waals surface area (Å²) in [6.07, 6.45) is 0.792. The predicted octanol–water partition coefficient (Wildman–Crippen LogP) is 6.78. The van der Waals surface area contributed by atoms with Crippen LogP contribution in [0.15, 0.2) is 65.1 Å². The Balaban J connectivity index is 1.85. The Kier molecular flexibility index (Phi) is 4.54. The zero-order valence-corrected chi connectivity index (χ0v) is 14.3. The average Bonchev–Trinajstić information content (AvgIpc) is 2.49. The minimum atomic E-state index is -0.0424. The van der Waals surface area contributed by atoms with Crippen LogP contribution in [0.2, 0.25) is 5.02 Å². The maximum Gasteiger partial charge on any atom is 0.0625 e. The molecule has 1 atom stereocenters. The standard InChI is InChI=1S/C18H13BrCl2/c19-16-6-5-13-10-15(4-3-14(13)11-16)18(21)9-12-1-7-17(20)8-2-12/h1-8,10-11,18H,9H2. The topological polar surface area (TPSA) is 0 Å². The second kappa shape index (κ2) is 6.39. The van der Waals surface area contributed by atoms with E-state index in [2.05, 4.69) is 52.3 Å².